The molecule has 162 valence electrons. The van der Waals surface area contributed by atoms with E-state index < -0.39 is 10.0 Å². The van der Waals surface area contributed by atoms with Gasteiger partial charge in [0.1, 0.15) is 0 Å². The molecule has 0 atom stereocenters. The maximum atomic E-state index is 12.5. The van der Waals surface area contributed by atoms with Crippen molar-refractivity contribution in [1.29, 1.82) is 0 Å². The molecular weight excluding hydrogens is 521 g/mol. The average molecular weight is 552 g/mol. The molecule has 0 aliphatic heterocycles. The first-order chi connectivity index (χ1) is 13.1. The van der Waals surface area contributed by atoms with Crippen molar-refractivity contribution in [3.05, 3.63) is 45.4 Å². The molecule has 1 heterocycles. The number of nitrogens with zero attached hydrogens (tertiary/aromatic N) is 3. The number of hydrogen-bond acceptors (Lipinski definition) is 5. The third-order valence-electron chi connectivity index (χ3n) is 4.43. The van der Waals surface area contributed by atoms with Gasteiger partial charge >= 0.3 is 0 Å². The van der Waals surface area contributed by atoms with E-state index in [0.717, 1.165) is 16.3 Å². The molecule has 1 aromatic carbocycles. The number of aromatic nitrogens is 1. The van der Waals surface area contributed by atoms with E-state index in [0.29, 0.717) is 23.9 Å². The number of hydrogen-bond donors (Lipinski definition) is 2. The summed E-state index contributed by atoms with van der Waals surface area (Å²) < 4.78 is 26.4. The molecule has 2 aromatic rings. The molecule has 10 heteroatoms. The zero-order valence-electron chi connectivity index (χ0n) is 17.7. The molecule has 2 rings (SSSR count). The topological polar surface area (TPSA) is 86.7 Å². The normalized spacial score (nSPS) is 12.2. The second kappa shape index (κ2) is 11.2. The van der Waals surface area contributed by atoms with Crippen LogP contribution >= 0.6 is 35.3 Å². The predicted octanol–water partition coefficient (Wildman–Crippen LogP) is 3.27. The summed E-state index contributed by atoms with van der Waals surface area (Å²) in [6, 6.07) is 6.83. The second-order valence-corrected chi connectivity index (χ2v) is 10.1. The smallest absolute Gasteiger partial charge is 0.243 e. The van der Waals surface area contributed by atoms with Crippen LogP contribution in [0, 0.1) is 13.8 Å². The van der Waals surface area contributed by atoms with Gasteiger partial charge in [-0.15, -0.1) is 35.3 Å². The number of benzene rings is 1. The molecule has 0 saturated heterocycles. The van der Waals surface area contributed by atoms with Gasteiger partial charge in [0.2, 0.25) is 10.0 Å². The first-order valence-electron chi connectivity index (χ1n) is 9.09. The number of sulfonamides is 1. The van der Waals surface area contributed by atoms with Gasteiger partial charge in [-0.1, -0.05) is 12.1 Å². The third kappa shape index (κ3) is 6.90. The van der Waals surface area contributed by atoms with Crippen molar-refractivity contribution in [1.82, 2.24) is 19.9 Å². The van der Waals surface area contributed by atoms with Crippen molar-refractivity contribution < 1.29 is 8.42 Å². The molecule has 0 saturated carbocycles. The highest BCUT2D eigenvalue weighted by Gasteiger charge is 2.22. The van der Waals surface area contributed by atoms with Crippen LogP contribution in [0.1, 0.15) is 35.0 Å². The SMILES string of the molecule is CN=C(NCc1ccc(S(=O)(=O)N(C)C(C)C)cc1)NCc1sc(C)nc1C.I. The van der Waals surface area contributed by atoms with Gasteiger partial charge in [-0.05, 0) is 45.4 Å². The van der Waals surface area contributed by atoms with E-state index in [-0.39, 0.29) is 30.0 Å². The van der Waals surface area contributed by atoms with Gasteiger partial charge in [-0.25, -0.2) is 13.4 Å². The molecule has 29 heavy (non-hydrogen) atoms. The summed E-state index contributed by atoms with van der Waals surface area (Å²) in [5, 5.41) is 7.58. The number of aryl methyl sites for hydroxylation is 2. The molecule has 7 nitrogen and oxygen atoms in total. The van der Waals surface area contributed by atoms with Crippen molar-refractivity contribution in [3.63, 3.8) is 0 Å². The summed E-state index contributed by atoms with van der Waals surface area (Å²) in [5.41, 5.74) is 2.01. The quantitative estimate of drug-likeness (QED) is 0.314. The Bertz CT molecular complexity index is 925. The maximum Gasteiger partial charge on any atom is 0.243 e. The van der Waals surface area contributed by atoms with Crippen LogP contribution in [-0.2, 0) is 23.1 Å². The van der Waals surface area contributed by atoms with Crippen LogP contribution in [0.3, 0.4) is 0 Å². The monoisotopic (exact) mass is 551 g/mol. The van der Waals surface area contributed by atoms with Crippen LogP contribution in [0.2, 0.25) is 0 Å². The molecule has 0 aliphatic carbocycles. The summed E-state index contributed by atoms with van der Waals surface area (Å²) in [4.78, 5) is 10.1. The average Bonchev–Trinajstić information content (AvgIpc) is 2.98. The minimum absolute atomic E-state index is 0. The Morgan fingerprint density at radius 3 is 2.24 bits per heavy atom. The van der Waals surface area contributed by atoms with Gasteiger partial charge in [0, 0.05) is 31.6 Å². The highest BCUT2D eigenvalue weighted by molar-refractivity contribution is 14.0. The van der Waals surface area contributed by atoms with E-state index in [4.69, 9.17) is 0 Å². The first kappa shape index (κ1) is 25.8. The molecule has 0 aliphatic rings. The Morgan fingerprint density at radius 2 is 1.76 bits per heavy atom. The van der Waals surface area contributed by atoms with Crippen LogP contribution in [0.15, 0.2) is 34.2 Å². The summed E-state index contributed by atoms with van der Waals surface area (Å²) >= 11 is 1.67. The number of thiazole rings is 1. The summed E-state index contributed by atoms with van der Waals surface area (Å²) in [5.74, 6) is 0.682. The predicted molar refractivity (Wildman–Crippen MR) is 131 cm³/mol. The van der Waals surface area contributed by atoms with Gasteiger partial charge in [-0.3, -0.25) is 4.99 Å². The van der Waals surface area contributed by atoms with Crippen molar-refractivity contribution in [2.45, 2.75) is 51.7 Å². The summed E-state index contributed by atoms with van der Waals surface area (Å²) in [6.07, 6.45) is 0. The molecule has 0 spiro atoms. The lowest BCUT2D eigenvalue weighted by molar-refractivity contribution is 0.410. The minimum Gasteiger partial charge on any atom is -0.352 e. The number of rotatable bonds is 7. The van der Waals surface area contributed by atoms with Crippen molar-refractivity contribution in [2.75, 3.05) is 14.1 Å². The van der Waals surface area contributed by atoms with Gasteiger partial charge < -0.3 is 10.6 Å². The lowest BCUT2D eigenvalue weighted by Crippen LogP contribution is -2.36. The van der Waals surface area contributed by atoms with E-state index in [1.54, 1.807) is 37.6 Å². The van der Waals surface area contributed by atoms with Gasteiger partial charge in [0.25, 0.3) is 0 Å². The maximum absolute atomic E-state index is 12.5. The zero-order valence-corrected chi connectivity index (χ0v) is 21.6. The van der Waals surface area contributed by atoms with Gasteiger partial charge in [0.05, 0.1) is 22.1 Å². The van der Waals surface area contributed by atoms with Crippen LogP contribution in [0.5, 0.6) is 0 Å². The van der Waals surface area contributed by atoms with Crippen LogP contribution < -0.4 is 10.6 Å². The van der Waals surface area contributed by atoms with E-state index in [2.05, 4.69) is 20.6 Å². The molecule has 0 radical (unpaired) electrons. The van der Waals surface area contributed by atoms with Crippen molar-refractivity contribution in [3.8, 4) is 0 Å². The Labute approximate surface area is 195 Å². The van der Waals surface area contributed by atoms with Crippen molar-refractivity contribution >= 4 is 51.3 Å². The molecule has 0 amide bonds. The highest BCUT2D eigenvalue weighted by atomic mass is 127. The van der Waals surface area contributed by atoms with Gasteiger partial charge in [0.15, 0.2) is 5.96 Å². The van der Waals surface area contributed by atoms with E-state index in [1.165, 1.54) is 9.18 Å². The summed E-state index contributed by atoms with van der Waals surface area (Å²) in [7, 11) is -0.146. The summed E-state index contributed by atoms with van der Waals surface area (Å²) in [6.45, 7) is 8.91. The fraction of sp³-hybridized carbons (Fsp3) is 0.474. The number of aliphatic imine (C=N–C) groups is 1. The number of halogens is 1. The highest BCUT2D eigenvalue weighted by Crippen LogP contribution is 2.18. The first-order valence-corrected chi connectivity index (χ1v) is 11.3. The Morgan fingerprint density at radius 1 is 1.17 bits per heavy atom. The lowest BCUT2D eigenvalue weighted by atomic mass is 10.2. The minimum atomic E-state index is -3.46. The number of guanidine groups is 1. The molecule has 0 fully saturated rings. The van der Waals surface area contributed by atoms with E-state index >= 15 is 0 Å². The third-order valence-corrected chi connectivity index (χ3v) is 7.55. The Hall–Kier alpha value is -1.24. The fourth-order valence-corrected chi connectivity index (χ4v) is 4.78. The standard InChI is InChI=1S/C19H29N5O2S2.HI/c1-13(2)24(6)28(25,26)17-9-7-16(8-10-17)11-21-19(20-5)22-12-18-14(3)23-15(4)27-18;/h7-10,13H,11-12H2,1-6H3,(H2,20,21,22);1H. The second-order valence-electron chi connectivity index (χ2n) is 6.78. The molecule has 2 N–H and O–H groups in total. The van der Waals surface area contributed by atoms with Crippen LogP contribution in [-0.4, -0.2) is 43.8 Å². The Kier molecular flexibility index (Phi) is 9.99. The van der Waals surface area contributed by atoms with E-state index in [1.807, 2.05) is 39.8 Å². The Balaban J connectivity index is 0.00000420. The van der Waals surface area contributed by atoms with E-state index in [9.17, 15) is 8.42 Å². The van der Waals surface area contributed by atoms with Crippen molar-refractivity contribution in [2.24, 2.45) is 4.99 Å². The zero-order chi connectivity index (χ0) is 20.9. The number of nitrogens with one attached hydrogen (secondary N) is 2. The molecule has 0 bridgehead atoms. The fourth-order valence-electron chi connectivity index (χ4n) is 2.53. The molecule has 0 unspecified atom stereocenters. The van der Waals surface area contributed by atoms with Crippen LogP contribution in [0.4, 0.5) is 0 Å². The molecule has 1 aromatic heterocycles. The lowest BCUT2D eigenvalue weighted by Gasteiger charge is -2.21. The molecular formula is C19H30IN5O2S2. The van der Waals surface area contributed by atoms with Gasteiger partial charge in [-0.2, -0.15) is 4.31 Å². The largest absolute Gasteiger partial charge is 0.352 e. The van der Waals surface area contributed by atoms with Crippen LogP contribution in [0.25, 0.3) is 0 Å².